The molecule has 1 aromatic carbocycles. The highest BCUT2D eigenvalue weighted by molar-refractivity contribution is 6.17. The Morgan fingerprint density at radius 1 is 1.67 bits per heavy atom. The topological polar surface area (TPSA) is 0 Å². The Kier molecular flexibility index (Phi) is 2.12. The van der Waals surface area contributed by atoms with Gasteiger partial charge in [0.05, 0.1) is 0 Å². The molecule has 0 spiro atoms. The van der Waals surface area contributed by atoms with Gasteiger partial charge in [0.25, 0.3) is 0 Å². The second-order valence-corrected chi connectivity index (χ2v) is 2.25. The van der Waals surface area contributed by atoms with Gasteiger partial charge in [-0.15, -0.1) is 11.6 Å². The summed E-state index contributed by atoms with van der Waals surface area (Å²) in [6.07, 6.45) is 0. The molecule has 9 heavy (non-hydrogen) atoms. The zero-order chi connectivity index (χ0) is 6.69. The number of rotatable bonds is 1. The van der Waals surface area contributed by atoms with Crippen LogP contribution in [0.2, 0.25) is 0 Å². The quantitative estimate of drug-likeness (QED) is 0.525. The van der Waals surface area contributed by atoms with Gasteiger partial charge < -0.3 is 0 Å². The molecule has 1 rings (SSSR count). The molecule has 0 amide bonds. The summed E-state index contributed by atoms with van der Waals surface area (Å²) in [6.45, 7) is 2.05. The fourth-order valence-electron chi connectivity index (χ4n) is 0.687. The highest BCUT2D eigenvalue weighted by atomic mass is 35.5. The first-order valence-electron chi connectivity index (χ1n) is 2.86. The summed E-state index contributed by atoms with van der Waals surface area (Å²) in [7, 11) is 0. The minimum atomic E-state index is 0.586. The van der Waals surface area contributed by atoms with E-state index in [2.05, 4.69) is 6.07 Å². The molecular weight excluding hydrogens is 132 g/mol. The maximum absolute atomic E-state index is 5.61. The van der Waals surface area contributed by atoms with Crippen LogP contribution in [0.25, 0.3) is 0 Å². The van der Waals surface area contributed by atoms with Crippen molar-refractivity contribution in [2.75, 3.05) is 0 Å². The molecule has 47 valence electrons. The van der Waals surface area contributed by atoms with Crippen molar-refractivity contribution < 1.29 is 0 Å². The predicted molar refractivity (Wildman–Crippen MR) is 39.6 cm³/mol. The Labute approximate surface area is 60.5 Å². The minimum absolute atomic E-state index is 0.586. The van der Waals surface area contributed by atoms with Crippen molar-refractivity contribution in [3.05, 3.63) is 35.4 Å². The van der Waals surface area contributed by atoms with Gasteiger partial charge in [-0.05, 0) is 30.2 Å². The van der Waals surface area contributed by atoms with Gasteiger partial charge in [-0.3, -0.25) is 0 Å². The molecule has 0 nitrogen and oxygen atoms in total. The van der Waals surface area contributed by atoms with Crippen LogP contribution in [0.4, 0.5) is 0 Å². The maximum atomic E-state index is 5.61. The van der Waals surface area contributed by atoms with E-state index in [4.69, 9.17) is 11.6 Å². The van der Waals surface area contributed by atoms with E-state index in [9.17, 15) is 0 Å². The van der Waals surface area contributed by atoms with Crippen LogP contribution >= 0.6 is 11.6 Å². The highest BCUT2D eigenvalue weighted by Gasteiger charge is 1.91. The summed E-state index contributed by atoms with van der Waals surface area (Å²) in [5.41, 5.74) is 2.41. The number of hydrogen-bond acceptors (Lipinski definition) is 0. The van der Waals surface area contributed by atoms with Gasteiger partial charge in [-0.1, -0.05) is 12.1 Å². The van der Waals surface area contributed by atoms with E-state index >= 15 is 0 Å². The summed E-state index contributed by atoms with van der Waals surface area (Å²) < 4.78 is 0. The summed E-state index contributed by atoms with van der Waals surface area (Å²) >= 11 is 5.61. The van der Waals surface area contributed by atoms with Crippen molar-refractivity contribution in [1.29, 1.82) is 0 Å². The van der Waals surface area contributed by atoms with Gasteiger partial charge in [0.1, 0.15) is 0 Å². The van der Waals surface area contributed by atoms with Crippen LogP contribution in [-0.4, -0.2) is 0 Å². The Morgan fingerprint density at radius 2 is 2.44 bits per heavy atom. The first-order valence-corrected chi connectivity index (χ1v) is 3.39. The summed E-state index contributed by atoms with van der Waals surface area (Å²) in [6, 6.07) is 8.79. The Bertz CT molecular complexity index is 194. The van der Waals surface area contributed by atoms with E-state index in [0.29, 0.717) is 5.88 Å². The van der Waals surface area contributed by atoms with Crippen LogP contribution in [0.5, 0.6) is 0 Å². The molecule has 0 aromatic heterocycles. The first-order chi connectivity index (χ1) is 4.34. The molecule has 0 aliphatic heterocycles. The molecule has 0 aliphatic carbocycles. The third-order valence-electron chi connectivity index (χ3n) is 1.34. The van der Waals surface area contributed by atoms with Gasteiger partial charge in [0.15, 0.2) is 0 Å². The predicted octanol–water partition coefficient (Wildman–Crippen LogP) is 2.53. The fourth-order valence-corrected chi connectivity index (χ4v) is 0.975. The third-order valence-corrected chi connectivity index (χ3v) is 1.63. The molecule has 0 atom stereocenters. The van der Waals surface area contributed by atoms with Crippen LogP contribution in [0.1, 0.15) is 11.1 Å². The van der Waals surface area contributed by atoms with E-state index in [1.807, 2.05) is 25.1 Å². The molecule has 0 unspecified atom stereocenters. The van der Waals surface area contributed by atoms with E-state index in [1.54, 1.807) is 0 Å². The monoisotopic (exact) mass is 139 g/mol. The lowest BCUT2D eigenvalue weighted by molar-refractivity contribution is 1.30. The number of alkyl halides is 1. The zero-order valence-corrected chi connectivity index (χ0v) is 6.07. The summed E-state index contributed by atoms with van der Waals surface area (Å²) in [5.74, 6) is 0.586. The van der Waals surface area contributed by atoms with Crippen molar-refractivity contribution in [3.63, 3.8) is 0 Å². The van der Waals surface area contributed by atoms with E-state index < -0.39 is 0 Å². The number of aryl methyl sites for hydroxylation is 1. The molecule has 0 N–H and O–H groups in total. The van der Waals surface area contributed by atoms with Crippen molar-refractivity contribution in [2.24, 2.45) is 0 Å². The highest BCUT2D eigenvalue weighted by Crippen LogP contribution is 2.08. The standard InChI is InChI=1S/C8H8Cl/c1-7-4-2-3-5-8(7)6-9/h2,4-5H,6H2,1H3. The van der Waals surface area contributed by atoms with Gasteiger partial charge in [-0.2, -0.15) is 0 Å². The Morgan fingerprint density at radius 3 is 2.89 bits per heavy atom. The largest absolute Gasteiger partial charge is 0.122 e. The lowest BCUT2D eigenvalue weighted by Gasteiger charge is -1.96. The summed E-state index contributed by atoms with van der Waals surface area (Å²) in [5, 5.41) is 0. The number of benzene rings is 1. The fraction of sp³-hybridized carbons (Fsp3) is 0.250. The molecule has 0 aliphatic rings. The van der Waals surface area contributed by atoms with Crippen LogP contribution in [0.15, 0.2) is 18.2 Å². The SMILES string of the molecule is Cc1cc[c]cc1CCl. The lowest BCUT2D eigenvalue weighted by Crippen LogP contribution is -1.81. The molecule has 1 aromatic rings. The molecule has 1 radical (unpaired) electrons. The smallest absolute Gasteiger partial charge is 0.0476 e. The third kappa shape index (κ3) is 1.46. The normalized spacial score (nSPS) is 9.56. The average Bonchev–Trinajstić information content (AvgIpc) is 1.89. The second kappa shape index (κ2) is 2.88. The van der Waals surface area contributed by atoms with Crippen molar-refractivity contribution in [3.8, 4) is 0 Å². The van der Waals surface area contributed by atoms with E-state index in [1.165, 1.54) is 11.1 Å². The Hall–Kier alpha value is -0.490. The Balaban J connectivity index is 3.01. The number of hydrogen-bond donors (Lipinski definition) is 0. The molecule has 1 heteroatoms. The molecule has 0 heterocycles. The molecule has 0 saturated carbocycles. The average molecular weight is 140 g/mol. The number of halogens is 1. The van der Waals surface area contributed by atoms with Crippen LogP contribution in [-0.2, 0) is 5.88 Å². The molecule has 0 bridgehead atoms. The molecule has 0 saturated heterocycles. The van der Waals surface area contributed by atoms with Crippen molar-refractivity contribution >= 4 is 11.6 Å². The van der Waals surface area contributed by atoms with Crippen molar-refractivity contribution in [1.82, 2.24) is 0 Å². The first kappa shape index (κ1) is 6.63. The van der Waals surface area contributed by atoms with E-state index in [0.717, 1.165) is 0 Å². The molecular formula is C8H8Cl. The van der Waals surface area contributed by atoms with Crippen LogP contribution in [0.3, 0.4) is 0 Å². The summed E-state index contributed by atoms with van der Waals surface area (Å²) in [4.78, 5) is 0. The minimum Gasteiger partial charge on any atom is -0.122 e. The second-order valence-electron chi connectivity index (χ2n) is 1.99. The van der Waals surface area contributed by atoms with E-state index in [-0.39, 0.29) is 0 Å². The molecule has 0 fully saturated rings. The maximum Gasteiger partial charge on any atom is 0.0476 e. The van der Waals surface area contributed by atoms with Crippen LogP contribution in [0, 0.1) is 13.0 Å². The zero-order valence-electron chi connectivity index (χ0n) is 5.32. The van der Waals surface area contributed by atoms with Gasteiger partial charge in [0.2, 0.25) is 0 Å². The van der Waals surface area contributed by atoms with Gasteiger partial charge in [-0.25, -0.2) is 0 Å². The van der Waals surface area contributed by atoms with Gasteiger partial charge >= 0.3 is 0 Å². The van der Waals surface area contributed by atoms with Crippen LogP contribution < -0.4 is 0 Å². The lowest BCUT2D eigenvalue weighted by atomic mass is 10.1. The van der Waals surface area contributed by atoms with Crippen molar-refractivity contribution in [2.45, 2.75) is 12.8 Å². The van der Waals surface area contributed by atoms with Gasteiger partial charge in [0, 0.05) is 5.88 Å².